The van der Waals surface area contributed by atoms with Crippen molar-refractivity contribution in [2.45, 2.75) is 50.3 Å². The Labute approximate surface area is 254 Å². The van der Waals surface area contributed by atoms with E-state index in [0.29, 0.717) is 68.3 Å². The lowest BCUT2D eigenvalue weighted by Crippen LogP contribution is -2.41. The van der Waals surface area contributed by atoms with Crippen LogP contribution in [-0.2, 0) is 4.79 Å². The number of fused-ring (bicyclic) bond motifs is 1. The summed E-state index contributed by atoms with van der Waals surface area (Å²) in [5, 5.41) is 18.6. The number of halogens is 3. The maximum atomic E-state index is 13.2. The van der Waals surface area contributed by atoms with Gasteiger partial charge in [-0.05, 0) is 81.7 Å². The zero-order valence-electron chi connectivity index (χ0n) is 25.0. The van der Waals surface area contributed by atoms with Gasteiger partial charge in [-0.1, -0.05) is 6.08 Å². The maximum absolute atomic E-state index is 13.2. The highest BCUT2D eigenvalue weighted by atomic mass is 19.4. The number of likely N-dealkylation sites (tertiary alicyclic amines) is 1. The molecule has 4 heterocycles. The number of carbonyl (C=O) groups excluding carboxylic acids is 2. The maximum Gasteiger partial charge on any atom is 0.389 e. The number of aliphatic hydroxyl groups is 1. The quantitative estimate of drug-likeness (QED) is 0.389. The van der Waals surface area contributed by atoms with Crippen LogP contribution in [0.3, 0.4) is 0 Å². The fourth-order valence-corrected chi connectivity index (χ4v) is 5.89. The Morgan fingerprint density at radius 2 is 1.84 bits per heavy atom. The SMILES string of the molecule is CN(C)CC1(O)CCCN(C(=O)c2ccc(Nc3nc4c(C5=CCN(C(=O)CCC(F)(F)F)CC5)cccn4n3)cc2)CC1. The van der Waals surface area contributed by atoms with E-state index in [1.807, 2.05) is 37.2 Å². The number of aromatic nitrogens is 3. The molecule has 44 heavy (non-hydrogen) atoms. The summed E-state index contributed by atoms with van der Waals surface area (Å²) in [6, 6.07) is 10.9. The lowest BCUT2D eigenvalue weighted by atomic mass is 9.94. The van der Waals surface area contributed by atoms with Crippen LogP contribution in [-0.4, -0.2) is 105 Å². The third kappa shape index (κ3) is 7.75. The Bertz CT molecular complexity index is 1520. The van der Waals surface area contributed by atoms with Crippen LogP contribution < -0.4 is 5.32 Å². The second-order valence-corrected chi connectivity index (χ2v) is 11.9. The van der Waals surface area contributed by atoms with E-state index in [-0.39, 0.29) is 12.5 Å². The van der Waals surface area contributed by atoms with Crippen LogP contribution in [0.4, 0.5) is 24.8 Å². The van der Waals surface area contributed by atoms with E-state index in [1.165, 1.54) is 4.90 Å². The van der Waals surface area contributed by atoms with Crippen LogP contribution in [0.25, 0.3) is 11.2 Å². The zero-order valence-corrected chi connectivity index (χ0v) is 25.0. The molecule has 2 aliphatic heterocycles. The van der Waals surface area contributed by atoms with Crippen molar-refractivity contribution in [1.82, 2.24) is 29.3 Å². The lowest BCUT2D eigenvalue weighted by molar-refractivity contribution is -0.148. The Morgan fingerprint density at radius 3 is 2.52 bits per heavy atom. The van der Waals surface area contributed by atoms with Crippen LogP contribution in [0.2, 0.25) is 0 Å². The second-order valence-electron chi connectivity index (χ2n) is 11.9. The standard InChI is InChI=1S/C31H38F3N7O3/c1-38(2)21-30(44)13-4-16-40(20-15-30)28(43)23-6-8-24(9-7-23)35-29-36-27-25(5-3-17-41(27)37-29)22-11-18-39(19-12-22)26(42)10-14-31(32,33)34/h3,5-9,11,17,44H,4,10,12-16,18-21H2,1-2H3,(H,35,37). The highest BCUT2D eigenvalue weighted by Gasteiger charge is 2.32. The molecule has 2 N–H and O–H groups in total. The molecule has 2 aromatic heterocycles. The molecular weight excluding hydrogens is 575 g/mol. The van der Waals surface area contributed by atoms with Gasteiger partial charge in [-0.15, -0.1) is 5.10 Å². The van der Waals surface area contributed by atoms with Crippen molar-refractivity contribution in [3.63, 3.8) is 0 Å². The van der Waals surface area contributed by atoms with Crippen LogP contribution in [0.1, 0.15) is 54.4 Å². The lowest BCUT2D eigenvalue weighted by Gasteiger charge is -2.30. The van der Waals surface area contributed by atoms with Crippen LogP contribution in [0.5, 0.6) is 0 Å². The largest absolute Gasteiger partial charge is 0.389 e. The van der Waals surface area contributed by atoms with E-state index in [4.69, 9.17) is 0 Å². The van der Waals surface area contributed by atoms with Crippen molar-refractivity contribution in [1.29, 1.82) is 0 Å². The Balaban J connectivity index is 1.22. The molecule has 1 atom stereocenters. The first-order chi connectivity index (χ1) is 20.9. The molecular formula is C31H38F3N7O3. The molecule has 0 saturated carbocycles. The molecule has 3 aromatic rings. The van der Waals surface area contributed by atoms with Crippen molar-refractivity contribution in [3.8, 4) is 0 Å². The topological polar surface area (TPSA) is 106 Å². The summed E-state index contributed by atoms with van der Waals surface area (Å²) < 4.78 is 39.2. The Kier molecular flexibility index (Phi) is 9.26. The first-order valence-corrected chi connectivity index (χ1v) is 14.8. The minimum atomic E-state index is -4.35. The van der Waals surface area contributed by atoms with E-state index < -0.39 is 30.5 Å². The fourth-order valence-electron chi connectivity index (χ4n) is 5.89. The minimum absolute atomic E-state index is 0.0671. The number of anilines is 2. The third-order valence-electron chi connectivity index (χ3n) is 8.10. The van der Waals surface area contributed by atoms with E-state index in [0.717, 1.165) is 17.6 Å². The normalized spacial score (nSPS) is 19.7. The number of pyridine rings is 1. The van der Waals surface area contributed by atoms with Gasteiger partial charge < -0.3 is 25.1 Å². The van der Waals surface area contributed by atoms with E-state index in [1.54, 1.807) is 39.9 Å². The van der Waals surface area contributed by atoms with Gasteiger partial charge in [0.2, 0.25) is 11.9 Å². The molecule has 1 aromatic carbocycles. The molecule has 1 fully saturated rings. The van der Waals surface area contributed by atoms with Crippen molar-refractivity contribution >= 4 is 34.7 Å². The summed E-state index contributed by atoms with van der Waals surface area (Å²) in [6.45, 7) is 2.25. The number of nitrogens with one attached hydrogen (secondary N) is 1. The van der Waals surface area contributed by atoms with Crippen LogP contribution in [0.15, 0.2) is 48.7 Å². The summed E-state index contributed by atoms with van der Waals surface area (Å²) in [6.07, 6.45) is 0.0459. The fraction of sp³-hybridized carbons (Fsp3) is 0.484. The molecule has 2 aliphatic rings. The number of carbonyl (C=O) groups is 2. The van der Waals surface area contributed by atoms with Crippen molar-refractivity contribution in [2.75, 3.05) is 52.1 Å². The van der Waals surface area contributed by atoms with E-state index >= 15 is 0 Å². The smallest absolute Gasteiger partial charge is 0.388 e. The number of benzene rings is 1. The Hall–Kier alpha value is -3.97. The Morgan fingerprint density at radius 1 is 1.07 bits per heavy atom. The predicted octanol–water partition coefficient (Wildman–Crippen LogP) is 4.35. The number of alkyl halides is 3. The molecule has 5 rings (SSSR count). The molecule has 0 spiro atoms. The number of hydrogen-bond acceptors (Lipinski definition) is 7. The molecule has 236 valence electrons. The highest BCUT2D eigenvalue weighted by molar-refractivity contribution is 5.94. The van der Waals surface area contributed by atoms with Gasteiger partial charge in [0.05, 0.1) is 12.0 Å². The number of amides is 2. The molecule has 1 saturated heterocycles. The van der Waals surface area contributed by atoms with Crippen molar-refractivity contribution in [3.05, 3.63) is 59.8 Å². The van der Waals surface area contributed by atoms with Gasteiger partial charge in [-0.25, -0.2) is 4.52 Å². The minimum Gasteiger partial charge on any atom is -0.388 e. The second kappa shape index (κ2) is 12.9. The monoisotopic (exact) mass is 613 g/mol. The van der Waals surface area contributed by atoms with Gasteiger partial charge in [0.15, 0.2) is 5.65 Å². The van der Waals surface area contributed by atoms with E-state index in [2.05, 4.69) is 15.4 Å². The summed E-state index contributed by atoms with van der Waals surface area (Å²) in [5.41, 5.74) is 2.88. The molecule has 13 heteroatoms. The highest BCUT2D eigenvalue weighted by Crippen LogP contribution is 2.28. The van der Waals surface area contributed by atoms with Gasteiger partial charge in [-0.3, -0.25) is 9.59 Å². The van der Waals surface area contributed by atoms with Gasteiger partial charge in [0, 0.05) is 62.2 Å². The zero-order chi connectivity index (χ0) is 31.5. The van der Waals surface area contributed by atoms with Crippen LogP contribution >= 0.6 is 0 Å². The van der Waals surface area contributed by atoms with Gasteiger partial charge in [-0.2, -0.15) is 18.2 Å². The number of rotatable bonds is 8. The third-order valence-corrected chi connectivity index (χ3v) is 8.10. The molecule has 0 radical (unpaired) electrons. The summed E-state index contributed by atoms with van der Waals surface area (Å²) in [5.74, 6) is -0.205. The first kappa shape index (κ1) is 31.5. The number of hydrogen-bond donors (Lipinski definition) is 2. The number of likely N-dealkylation sites (N-methyl/N-ethyl adjacent to an activating group) is 1. The van der Waals surface area contributed by atoms with Gasteiger partial charge in [0.1, 0.15) is 0 Å². The average Bonchev–Trinajstić information content (AvgIpc) is 3.29. The molecule has 2 amide bonds. The van der Waals surface area contributed by atoms with E-state index in [9.17, 15) is 27.9 Å². The van der Waals surface area contributed by atoms with Crippen LogP contribution in [0, 0.1) is 0 Å². The number of nitrogens with zero attached hydrogens (tertiary/aromatic N) is 6. The molecule has 0 aliphatic carbocycles. The average molecular weight is 614 g/mol. The molecule has 10 nitrogen and oxygen atoms in total. The summed E-state index contributed by atoms with van der Waals surface area (Å²) in [4.78, 5) is 35.3. The van der Waals surface area contributed by atoms with Crippen molar-refractivity contribution < 1.29 is 27.9 Å². The van der Waals surface area contributed by atoms with Crippen molar-refractivity contribution in [2.24, 2.45) is 0 Å². The predicted molar refractivity (Wildman–Crippen MR) is 160 cm³/mol. The molecule has 0 bridgehead atoms. The first-order valence-electron chi connectivity index (χ1n) is 14.8. The molecule has 1 unspecified atom stereocenters. The van der Waals surface area contributed by atoms with Gasteiger partial charge in [0.25, 0.3) is 5.91 Å². The summed E-state index contributed by atoms with van der Waals surface area (Å²) in [7, 11) is 3.87. The van der Waals surface area contributed by atoms with Gasteiger partial charge >= 0.3 is 6.18 Å². The summed E-state index contributed by atoms with van der Waals surface area (Å²) >= 11 is 0.